The highest BCUT2D eigenvalue weighted by Crippen LogP contribution is 2.37. The molecule has 1 saturated heterocycles. The fourth-order valence-electron chi connectivity index (χ4n) is 3.40. The van der Waals surface area contributed by atoms with Gasteiger partial charge in [0, 0.05) is 6.54 Å². The van der Waals surface area contributed by atoms with Gasteiger partial charge in [-0.15, -0.1) is 0 Å². The lowest BCUT2D eigenvalue weighted by Gasteiger charge is -2.38. The molecule has 0 aromatic heterocycles. The Hall–Kier alpha value is -0.0800. The third-order valence-electron chi connectivity index (χ3n) is 4.84. The second kappa shape index (κ2) is 6.19. The highest BCUT2D eigenvalue weighted by molar-refractivity contribution is 4.87. The number of piperidine rings is 1. The van der Waals surface area contributed by atoms with Crippen LogP contribution in [0.25, 0.3) is 0 Å². The van der Waals surface area contributed by atoms with E-state index in [4.69, 9.17) is 0 Å². The molecule has 0 radical (unpaired) electrons. The average molecular weight is 238 g/mol. The highest BCUT2D eigenvalue weighted by atomic mass is 14.9. The lowest BCUT2D eigenvalue weighted by atomic mass is 9.75. The molecule has 2 N–H and O–H groups in total. The van der Waals surface area contributed by atoms with E-state index in [0.717, 1.165) is 11.8 Å². The van der Waals surface area contributed by atoms with Gasteiger partial charge in [-0.05, 0) is 69.0 Å². The number of hydrogen-bond acceptors (Lipinski definition) is 2. The molecule has 17 heavy (non-hydrogen) atoms. The summed E-state index contributed by atoms with van der Waals surface area (Å²) in [6.07, 6.45) is 8.43. The van der Waals surface area contributed by atoms with Crippen molar-refractivity contribution in [3.05, 3.63) is 0 Å². The van der Waals surface area contributed by atoms with Crippen LogP contribution in [-0.4, -0.2) is 26.2 Å². The Morgan fingerprint density at radius 2 is 2.00 bits per heavy atom. The summed E-state index contributed by atoms with van der Waals surface area (Å²) < 4.78 is 0. The minimum atomic E-state index is 0.600. The summed E-state index contributed by atoms with van der Waals surface area (Å²) in [7, 11) is 0. The molecule has 0 spiro atoms. The molecule has 0 aromatic rings. The van der Waals surface area contributed by atoms with Gasteiger partial charge in [0.2, 0.25) is 0 Å². The third-order valence-corrected chi connectivity index (χ3v) is 4.84. The standard InChI is InChI=1S/C15H30N2/c1-3-6-15(7-9-16-10-8-15)12-17-11-13(2)14-4-5-14/h13-14,16-17H,3-12H2,1-2H3. The zero-order chi connectivity index (χ0) is 12.1. The maximum Gasteiger partial charge on any atom is 0.000887 e. The maximum absolute atomic E-state index is 3.77. The van der Waals surface area contributed by atoms with E-state index in [1.165, 1.54) is 64.7 Å². The largest absolute Gasteiger partial charge is 0.317 e. The Balaban J connectivity index is 1.72. The van der Waals surface area contributed by atoms with E-state index in [9.17, 15) is 0 Å². The summed E-state index contributed by atoms with van der Waals surface area (Å²) in [5.41, 5.74) is 0.600. The lowest BCUT2D eigenvalue weighted by molar-refractivity contribution is 0.173. The molecule has 2 fully saturated rings. The van der Waals surface area contributed by atoms with Crippen molar-refractivity contribution in [3.8, 4) is 0 Å². The molecule has 1 heterocycles. The van der Waals surface area contributed by atoms with Gasteiger partial charge in [0.05, 0.1) is 0 Å². The summed E-state index contributed by atoms with van der Waals surface area (Å²) in [5, 5.41) is 7.27. The van der Waals surface area contributed by atoms with Gasteiger partial charge in [-0.1, -0.05) is 20.3 Å². The second-order valence-electron chi connectivity index (χ2n) is 6.45. The van der Waals surface area contributed by atoms with Crippen molar-refractivity contribution in [2.24, 2.45) is 17.3 Å². The van der Waals surface area contributed by atoms with Crippen molar-refractivity contribution in [2.75, 3.05) is 26.2 Å². The van der Waals surface area contributed by atoms with Crippen LogP contribution in [0.4, 0.5) is 0 Å². The van der Waals surface area contributed by atoms with E-state index in [-0.39, 0.29) is 0 Å². The molecule has 0 aromatic carbocycles. The first-order chi connectivity index (χ1) is 8.26. The Labute approximate surface area is 107 Å². The van der Waals surface area contributed by atoms with E-state index in [1.807, 2.05) is 0 Å². The van der Waals surface area contributed by atoms with Crippen LogP contribution in [0.2, 0.25) is 0 Å². The van der Waals surface area contributed by atoms with Crippen LogP contribution in [0.3, 0.4) is 0 Å². The number of rotatable bonds is 7. The normalized spacial score (nSPS) is 25.8. The lowest BCUT2D eigenvalue weighted by Crippen LogP contribution is -2.44. The molecule has 0 bridgehead atoms. The van der Waals surface area contributed by atoms with Crippen LogP contribution < -0.4 is 10.6 Å². The van der Waals surface area contributed by atoms with Crippen LogP contribution in [-0.2, 0) is 0 Å². The summed E-state index contributed by atoms with van der Waals surface area (Å²) in [6.45, 7) is 9.68. The molecule has 2 rings (SSSR count). The van der Waals surface area contributed by atoms with Crippen molar-refractivity contribution in [2.45, 2.75) is 52.4 Å². The van der Waals surface area contributed by atoms with Gasteiger partial charge >= 0.3 is 0 Å². The predicted octanol–water partition coefficient (Wildman–Crippen LogP) is 2.79. The molecule has 1 aliphatic heterocycles. The first kappa shape index (κ1) is 13.4. The molecule has 1 unspecified atom stereocenters. The highest BCUT2D eigenvalue weighted by Gasteiger charge is 2.32. The number of nitrogens with one attached hydrogen (secondary N) is 2. The van der Waals surface area contributed by atoms with Crippen molar-refractivity contribution >= 4 is 0 Å². The second-order valence-corrected chi connectivity index (χ2v) is 6.45. The van der Waals surface area contributed by atoms with E-state index in [1.54, 1.807) is 0 Å². The zero-order valence-electron chi connectivity index (χ0n) is 11.7. The van der Waals surface area contributed by atoms with Gasteiger partial charge in [0.1, 0.15) is 0 Å². The third kappa shape index (κ3) is 3.96. The fourth-order valence-corrected chi connectivity index (χ4v) is 3.40. The number of hydrogen-bond donors (Lipinski definition) is 2. The molecule has 2 aliphatic rings. The Bertz CT molecular complexity index is 211. The van der Waals surface area contributed by atoms with E-state index < -0.39 is 0 Å². The Morgan fingerprint density at radius 1 is 1.29 bits per heavy atom. The van der Waals surface area contributed by atoms with Gasteiger partial charge in [0.25, 0.3) is 0 Å². The Morgan fingerprint density at radius 3 is 2.59 bits per heavy atom. The van der Waals surface area contributed by atoms with Crippen LogP contribution in [0.5, 0.6) is 0 Å². The summed E-state index contributed by atoms with van der Waals surface area (Å²) >= 11 is 0. The van der Waals surface area contributed by atoms with Gasteiger partial charge in [0.15, 0.2) is 0 Å². The van der Waals surface area contributed by atoms with Crippen LogP contribution in [0, 0.1) is 17.3 Å². The van der Waals surface area contributed by atoms with Crippen molar-refractivity contribution in [1.29, 1.82) is 0 Å². The van der Waals surface area contributed by atoms with E-state index >= 15 is 0 Å². The topological polar surface area (TPSA) is 24.1 Å². The average Bonchev–Trinajstić information content (AvgIpc) is 3.14. The smallest absolute Gasteiger partial charge is 0.000887 e. The van der Waals surface area contributed by atoms with Gasteiger partial charge in [-0.3, -0.25) is 0 Å². The molecular weight excluding hydrogens is 208 g/mol. The van der Waals surface area contributed by atoms with Crippen molar-refractivity contribution in [3.63, 3.8) is 0 Å². The molecule has 0 amide bonds. The zero-order valence-corrected chi connectivity index (χ0v) is 11.7. The fraction of sp³-hybridized carbons (Fsp3) is 1.00. The predicted molar refractivity (Wildman–Crippen MR) is 74.2 cm³/mol. The summed E-state index contributed by atoms with van der Waals surface area (Å²) in [5.74, 6) is 1.94. The summed E-state index contributed by atoms with van der Waals surface area (Å²) in [6, 6.07) is 0. The van der Waals surface area contributed by atoms with Crippen LogP contribution >= 0.6 is 0 Å². The molecular formula is C15H30N2. The monoisotopic (exact) mass is 238 g/mol. The van der Waals surface area contributed by atoms with Crippen molar-refractivity contribution < 1.29 is 0 Å². The van der Waals surface area contributed by atoms with Crippen molar-refractivity contribution in [1.82, 2.24) is 10.6 Å². The SMILES string of the molecule is CCCC1(CNCC(C)C2CC2)CCNCC1. The molecule has 1 aliphatic carbocycles. The first-order valence-electron chi connectivity index (χ1n) is 7.67. The molecule has 100 valence electrons. The van der Waals surface area contributed by atoms with Crippen LogP contribution in [0.1, 0.15) is 52.4 Å². The minimum Gasteiger partial charge on any atom is -0.317 e. The van der Waals surface area contributed by atoms with E-state index in [2.05, 4.69) is 24.5 Å². The van der Waals surface area contributed by atoms with Gasteiger partial charge in [-0.2, -0.15) is 0 Å². The molecule has 1 atom stereocenters. The van der Waals surface area contributed by atoms with Crippen LogP contribution in [0.15, 0.2) is 0 Å². The minimum absolute atomic E-state index is 0.600. The molecule has 2 nitrogen and oxygen atoms in total. The molecule has 2 heteroatoms. The maximum atomic E-state index is 3.77. The van der Waals surface area contributed by atoms with Gasteiger partial charge < -0.3 is 10.6 Å². The molecule has 1 saturated carbocycles. The van der Waals surface area contributed by atoms with Gasteiger partial charge in [-0.25, -0.2) is 0 Å². The summed E-state index contributed by atoms with van der Waals surface area (Å²) in [4.78, 5) is 0. The van der Waals surface area contributed by atoms with E-state index in [0.29, 0.717) is 5.41 Å². The Kier molecular flexibility index (Phi) is 4.87. The quantitative estimate of drug-likeness (QED) is 0.713. The first-order valence-corrected chi connectivity index (χ1v) is 7.67.